The molecule has 1 aromatic carbocycles. The van der Waals surface area contributed by atoms with Gasteiger partial charge in [-0.3, -0.25) is 4.79 Å². The van der Waals surface area contributed by atoms with Gasteiger partial charge in [0.2, 0.25) is 0 Å². The van der Waals surface area contributed by atoms with Gasteiger partial charge in [-0.1, -0.05) is 19.3 Å². The third kappa shape index (κ3) is 4.21. The SMILES string of the molecule is CCOc1cc(C=NN)ccc1OC(=O)C1CCCCC1. The van der Waals surface area contributed by atoms with Crippen molar-refractivity contribution in [3.05, 3.63) is 23.8 Å². The smallest absolute Gasteiger partial charge is 0.314 e. The molecule has 0 unspecified atom stereocenters. The lowest BCUT2D eigenvalue weighted by Gasteiger charge is -2.20. The standard InChI is InChI=1S/C16H22N2O3/c1-2-20-15-10-12(11-18-17)8-9-14(15)21-16(19)13-6-4-3-5-7-13/h8-11,13H,2-7,17H2,1H3. The molecule has 1 aliphatic rings. The summed E-state index contributed by atoms with van der Waals surface area (Å²) < 4.78 is 11.1. The van der Waals surface area contributed by atoms with E-state index in [0.29, 0.717) is 18.1 Å². The lowest BCUT2D eigenvalue weighted by molar-refractivity contribution is -0.140. The van der Waals surface area contributed by atoms with Crippen molar-refractivity contribution in [2.75, 3.05) is 6.61 Å². The van der Waals surface area contributed by atoms with E-state index in [1.165, 1.54) is 12.6 Å². The largest absolute Gasteiger partial charge is 0.490 e. The molecule has 1 aliphatic carbocycles. The van der Waals surface area contributed by atoms with Crippen LogP contribution in [0.1, 0.15) is 44.6 Å². The highest BCUT2D eigenvalue weighted by Crippen LogP contribution is 2.31. The molecule has 0 bridgehead atoms. The number of hydrogen-bond acceptors (Lipinski definition) is 5. The molecule has 0 aromatic heterocycles. The zero-order valence-electron chi connectivity index (χ0n) is 12.4. The minimum atomic E-state index is -0.157. The fourth-order valence-electron chi connectivity index (χ4n) is 2.57. The molecule has 21 heavy (non-hydrogen) atoms. The van der Waals surface area contributed by atoms with Crippen LogP contribution in [0.25, 0.3) is 0 Å². The lowest BCUT2D eigenvalue weighted by Crippen LogP contribution is -2.23. The molecule has 0 amide bonds. The van der Waals surface area contributed by atoms with Crippen LogP contribution in [0, 0.1) is 5.92 Å². The Morgan fingerprint density at radius 2 is 2.10 bits per heavy atom. The molecule has 1 aromatic rings. The maximum absolute atomic E-state index is 12.2. The summed E-state index contributed by atoms with van der Waals surface area (Å²) in [6.07, 6.45) is 6.77. The summed E-state index contributed by atoms with van der Waals surface area (Å²) in [7, 11) is 0. The van der Waals surface area contributed by atoms with E-state index >= 15 is 0 Å². The Morgan fingerprint density at radius 3 is 2.76 bits per heavy atom. The van der Waals surface area contributed by atoms with Crippen LogP contribution >= 0.6 is 0 Å². The molecule has 0 radical (unpaired) electrons. The van der Waals surface area contributed by atoms with Crippen LogP contribution in [0.4, 0.5) is 0 Å². The Morgan fingerprint density at radius 1 is 1.33 bits per heavy atom. The van der Waals surface area contributed by atoms with E-state index in [-0.39, 0.29) is 11.9 Å². The van der Waals surface area contributed by atoms with Gasteiger partial charge < -0.3 is 15.3 Å². The van der Waals surface area contributed by atoms with Crippen LogP contribution in [0.3, 0.4) is 0 Å². The van der Waals surface area contributed by atoms with Crippen molar-refractivity contribution in [1.82, 2.24) is 0 Å². The number of esters is 1. The highest BCUT2D eigenvalue weighted by atomic mass is 16.6. The summed E-state index contributed by atoms with van der Waals surface area (Å²) in [6.45, 7) is 2.38. The van der Waals surface area contributed by atoms with Gasteiger partial charge in [-0.2, -0.15) is 5.10 Å². The molecular formula is C16H22N2O3. The molecule has 0 aliphatic heterocycles. The predicted molar refractivity (Wildman–Crippen MR) is 81.6 cm³/mol. The van der Waals surface area contributed by atoms with Gasteiger partial charge in [0.25, 0.3) is 0 Å². The molecule has 1 fully saturated rings. The molecular weight excluding hydrogens is 268 g/mol. The summed E-state index contributed by atoms with van der Waals surface area (Å²) in [4.78, 5) is 12.2. The normalized spacial score (nSPS) is 16.0. The van der Waals surface area contributed by atoms with Crippen molar-refractivity contribution in [2.24, 2.45) is 16.9 Å². The summed E-state index contributed by atoms with van der Waals surface area (Å²) >= 11 is 0. The van der Waals surface area contributed by atoms with Crippen molar-refractivity contribution in [3.63, 3.8) is 0 Å². The Labute approximate surface area is 125 Å². The zero-order valence-corrected chi connectivity index (χ0v) is 12.4. The van der Waals surface area contributed by atoms with E-state index in [1.807, 2.05) is 6.92 Å². The van der Waals surface area contributed by atoms with Gasteiger partial charge in [-0.15, -0.1) is 0 Å². The van der Waals surface area contributed by atoms with Crippen molar-refractivity contribution in [2.45, 2.75) is 39.0 Å². The Kier molecular flexibility index (Phi) is 5.60. The highest BCUT2D eigenvalue weighted by Gasteiger charge is 2.24. The first-order valence-electron chi connectivity index (χ1n) is 7.46. The molecule has 5 nitrogen and oxygen atoms in total. The first kappa shape index (κ1) is 15.4. The zero-order chi connectivity index (χ0) is 15.1. The lowest BCUT2D eigenvalue weighted by atomic mass is 9.89. The number of nitrogens with two attached hydrogens (primary N) is 1. The Hall–Kier alpha value is -2.04. The van der Waals surface area contributed by atoms with E-state index in [0.717, 1.165) is 31.2 Å². The van der Waals surface area contributed by atoms with E-state index in [2.05, 4.69) is 5.10 Å². The minimum Gasteiger partial charge on any atom is -0.490 e. The fraction of sp³-hybridized carbons (Fsp3) is 0.500. The van der Waals surface area contributed by atoms with Crippen LogP contribution in [0.2, 0.25) is 0 Å². The Bertz CT molecular complexity index is 508. The summed E-state index contributed by atoms with van der Waals surface area (Å²) in [5, 5.41) is 3.48. The average molecular weight is 290 g/mol. The van der Waals surface area contributed by atoms with Gasteiger partial charge in [-0.25, -0.2) is 0 Å². The van der Waals surface area contributed by atoms with Crippen LogP contribution < -0.4 is 15.3 Å². The molecule has 2 N–H and O–H groups in total. The monoisotopic (exact) mass is 290 g/mol. The van der Waals surface area contributed by atoms with Gasteiger partial charge in [0.05, 0.1) is 18.7 Å². The summed E-state index contributed by atoms with van der Waals surface area (Å²) in [5.41, 5.74) is 0.804. The summed E-state index contributed by atoms with van der Waals surface area (Å²) in [5.74, 6) is 6.00. The Balaban J connectivity index is 2.12. The number of nitrogens with zero attached hydrogens (tertiary/aromatic N) is 1. The molecule has 1 saturated carbocycles. The number of rotatable bonds is 5. The van der Waals surface area contributed by atoms with E-state index in [4.69, 9.17) is 15.3 Å². The van der Waals surface area contributed by atoms with Gasteiger partial charge in [0, 0.05) is 0 Å². The number of benzene rings is 1. The van der Waals surface area contributed by atoms with Crippen molar-refractivity contribution in [1.29, 1.82) is 0 Å². The number of hydrazone groups is 1. The molecule has 0 heterocycles. The predicted octanol–water partition coefficient (Wildman–Crippen LogP) is 2.86. The second-order valence-corrected chi connectivity index (χ2v) is 5.17. The van der Waals surface area contributed by atoms with Crippen molar-refractivity contribution >= 4 is 12.2 Å². The molecule has 2 rings (SSSR count). The first-order chi connectivity index (χ1) is 10.2. The van der Waals surface area contributed by atoms with Crippen LogP contribution in [0.15, 0.2) is 23.3 Å². The number of carbonyl (C=O) groups excluding carboxylic acids is 1. The molecule has 114 valence electrons. The van der Waals surface area contributed by atoms with Crippen LogP contribution in [-0.2, 0) is 4.79 Å². The van der Waals surface area contributed by atoms with Gasteiger partial charge in [-0.05, 0) is 43.5 Å². The molecule has 0 saturated heterocycles. The maximum atomic E-state index is 12.2. The second kappa shape index (κ2) is 7.67. The van der Waals surface area contributed by atoms with Crippen LogP contribution in [0.5, 0.6) is 11.5 Å². The third-order valence-electron chi connectivity index (χ3n) is 3.64. The van der Waals surface area contributed by atoms with Crippen LogP contribution in [-0.4, -0.2) is 18.8 Å². The third-order valence-corrected chi connectivity index (χ3v) is 3.64. The van der Waals surface area contributed by atoms with Crippen molar-refractivity contribution in [3.8, 4) is 11.5 Å². The molecule has 0 atom stereocenters. The summed E-state index contributed by atoms with van der Waals surface area (Å²) in [6, 6.07) is 5.29. The van der Waals surface area contributed by atoms with Gasteiger partial charge in [0.1, 0.15) is 0 Å². The second-order valence-electron chi connectivity index (χ2n) is 5.17. The fourth-order valence-corrected chi connectivity index (χ4v) is 2.57. The first-order valence-corrected chi connectivity index (χ1v) is 7.46. The highest BCUT2D eigenvalue weighted by molar-refractivity contribution is 5.81. The molecule has 0 spiro atoms. The number of carbonyl (C=O) groups is 1. The molecule has 5 heteroatoms. The quantitative estimate of drug-likeness (QED) is 0.297. The van der Waals surface area contributed by atoms with Gasteiger partial charge in [0.15, 0.2) is 11.5 Å². The topological polar surface area (TPSA) is 73.9 Å². The van der Waals surface area contributed by atoms with Crippen molar-refractivity contribution < 1.29 is 14.3 Å². The van der Waals surface area contributed by atoms with E-state index in [9.17, 15) is 4.79 Å². The number of hydrogen-bond donors (Lipinski definition) is 1. The maximum Gasteiger partial charge on any atom is 0.314 e. The number of ether oxygens (including phenoxy) is 2. The average Bonchev–Trinajstić information content (AvgIpc) is 2.51. The van der Waals surface area contributed by atoms with E-state index in [1.54, 1.807) is 18.2 Å². The van der Waals surface area contributed by atoms with E-state index < -0.39 is 0 Å². The van der Waals surface area contributed by atoms with Gasteiger partial charge >= 0.3 is 5.97 Å². The minimum absolute atomic E-state index is 0.0125.